The second-order valence-electron chi connectivity index (χ2n) is 4.72. The van der Waals surface area contributed by atoms with Crippen LogP contribution in [0.4, 0.5) is 0 Å². The van der Waals surface area contributed by atoms with Crippen LogP contribution in [-0.2, 0) is 0 Å². The van der Waals surface area contributed by atoms with Gasteiger partial charge in [0.1, 0.15) is 5.69 Å². The summed E-state index contributed by atoms with van der Waals surface area (Å²) in [6, 6.07) is 6.18. The highest BCUT2D eigenvalue weighted by Crippen LogP contribution is 2.30. The van der Waals surface area contributed by atoms with Gasteiger partial charge in [-0.2, -0.15) is 0 Å². The largest absolute Gasteiger partial charge is 0.309 e. The van der Waals surface area contributed by atoms with Crippen molar-refractivity contribution < 1.29 is 0 Å². The Hall–Kier alpha value is -0.720. The molecule has 0 fully saturated rings. The van der Waals surface area contributed by atoms with Crippen LogP contribution in [0.5, 0.6) is 0 Å². The third-order valence-corrected chi connectivity index (χ3v) is 4.47. The van der Waals surface area contributed by atoms with E-state index in [1.54, 1.807) is 0 Å². The normalized spacial score (nSPS) is 12.7. The van der Waals surface area contributed by atoms with Gasteiger partial charge in [-0.25, -0.2) is 4.68 Å². The number of hydrogen-bond donors (Lipinski definition) is 1. The summed E-state index contributed by atoms with van der Waals surface area (Å²) < 4.78 is 3.84. The Balaban J connectivity index is 2.38. The van der Waals surface area contributed by atoms with Gasteiger partial charge < -0.3 is 5.32 Å². The van der Waals surface area contributed by atoms with Gasteiger partial charge in [-0.15, -0.1) is 5.10 Å². The molecule has 1 atom stereocenters. The van der Waals surface area contributed by atoms with Gasteiger partial charge in [0.25, 0.3) is 0 Å². The average molecular weight is 402 g/mol. The molecule has 0 aliphatic carbocycles. The lowest BCUT2D eigenvalue weighted by Gasteiger charge is -2.12. The van der Waals surface area contributed by atoms with Crippen LogP contribution in [0.25, 0.3) is 5.69 Å². The second kappa shape index (κ2) is 6.83. The summed E-state index contributed by atoms with van der Waals surface area (Å²) in [4.78, 5) is 0. The summed E-state index contributed by atoms with van der Waals surface area (Å²) in [6.45, 7) is 7.30. The summed E-state index contributed by atoms with van der Waals surface area (Å²) in [7, 11) is 0. The van der Waals surface area contributed by atoms with Gasteiger partial charge in [-0.05, 0) is 70.8 Å². The minimum absolute atomic E-state index is 0.199. The molecule has 20 heavy (non-hydrogen) atoms. The molecule has 108 valence electrons. The summed E-state index contributed by atoms with van der Waals surface area (Å²) in [5, 5.41) is 12.1. The van der Waals surface area contributed by atoms with E-state index < -0.39 is 0 Å². The van der Waals surface area contributed by atoms with Gasteiger partial charge in [0, 0.05) is 8.95 Å². The molecule has 4 nitrogen and oxygen atoms in total. The Labute approximate surface area is 136 Å². The fourth-order valence-corrected chi connectivity index (χ4v) is 3.44. The molecule has 0 aliphatic rings. The Morgan fingerprint density at radius 2 is 1.95 bits per heavy atom. The molecule has 1 heterocycles. The summed E-state index contributed by atoms with van der Waals surface area (Å²) in [5.41, 5.74) is 3.02. The number of rotatable bonds is 5. The van der Waals surface area contributed by atoms with Crippen LogP contribution >= 0.6 is 31.9 Å². The van der Waals surface area contributed by atoms with Gasteiger partial charge in [0.05, 0.1) is 17.4 Å². The first-order valence-electron chi connectivity index (χ1n) is 6.66. The van der Waals surface area contributed by atoms with E-state index in [0.717, 1.165) is 39.0 Å². The van der Waals surface area contributed by atoms with E-state index in [2.05, 4.69) is 61.3 Å². The summed E-state index contributed by atoms with van der Waals surface area (Å²) >= 11 is 7.14. The first kappa shape index (κ1) is 15.7. The van der Waals surface area contributed by atoms with Crippen molar-refractivity contribution in [2.45, 2.75) is 33.2 Å². The standard InChI is InChI=1S/C14H18Br2N4/c1-4-8-17-9(2)13-10(3)20(19-18-13)14-11(15)6-5-7-12(14)16/h5-7,9,17H,4,8H2,1-3H3. The molecular formula is C14H18Br2N4. The smallest absolute Gasteiger partial charge is 0.103 e. The lowest BCUT2D eigenvalue weighted by molar-refractivity contribution is 0.555. The van der Waals surface area contributed by atoms with Crippen molar-refractivity contribution in [1.82, 2.24) is 20.3 Å². The predicted octanol–water partition coefficient (Wildman–Crippen LogP) is 4.16. The van der Waals surface area contributed by atoms with Gasteiger partial charge in [0.2, 0.25) is 0 Å². The van der Waals surface area contributed by atoms with Crippen molar-refractivity contribution in [1.29, 1.82) is 0 Å². The topological polar surface area (TPSA) is 42.7 Å². The number of nitrogens with zero attached hydrogens (tertiary/aromatic N) is 3. The quantitative estimate of drug-likeness (QED) is 0.817. The third-order valence-electron chi connectivity index (χ3n) is 3.19. The molecule has 0 spiro atoms. The van der Waals surface area contributed by atoms with Crippen LogP contribution in [-0.4, -0.2) is 21.5 Å². The Bertz CT molecular complexity index is 575. The molecule has 0 radical (unpaired) electrons. The number of benzene rings is 1. The van der Waals surface area contributed by atoms with E-state index in [4.69, 9.17) is 0 Å². The van der Waals surface area contributed by atoms with E-state index in [1.807, 2.05) is 29.8 Å². The van der Waals surface area contributed by atoms with Crippen molar-refractivity contribution in [3.8, 4) is 5.69 Å². The zero-order valence-corrected chi connectivity index (χ0v) is 15.0. The summed E-state index contributed by atoms with van der Waals surface area (Å²) in [6.07, 6.45) is 1.10. The van der Waals surface area contributed by atoms with Gasteiger partial charge >= 0.3 is 0 Å². The van der Waals surface area contributed by atoms with Crippen LogP contribution in [0.1, 0.15) is 37.7 Å². The van der Waals surface area contributed by atoms with Gasteiger partial charge in [-0.1, -0.05) is 18.2 Å². The molecule has 1 unspecified atom stereocenters. The molecule has 2 rings (SSSR count). The molecule has 0 amide bonds. The van der Waals surface area contributed by atoms with Gasteiger partial charge in [-0.3, -0.25) is 0 Å². The molecule has 0 saturated carbocycles. The fourth-order valence-electron chi connectivity index (χ4n) is 2.10. The van der Waals surface area contributed by atoms with Crippen molar-refractivity contribution in [3.05, 3.63) is 38.5 Å². The Kier molecular flexibility index (Phi) is 5.35. The van der Waals surface area contributed by atoms with Crippen LogP contribution in [0.3, 0.4) is 0 Å². The highest BCUT2D eigenvalue weighted by molar-refractivity contribution is 9.11. The SMILES string of the molecule is CCCNC(C)c1nnn(-c2c(Br)cccc2Br)c1C. The van der Waals surface area contributed by atoms with E-state index in [-0.39, 0.29) is 6.04 Å². The Morgan fingerprint density at radius 1 is 1.30 bits per heavy atom. The molecular weight excluding hydrogens is 384 g/mol. The maximum atomic E-state index is 4.34. The zero-order chi connectivity index (χ0) is 14.7. The molecule has 0 bridgehead atoms. The predicted molar refractivity (Wildman–Crippen MR) is 88.2 cm³/mol. The highest BCUT2D eigenvalue weighted by Gasteiger charge is 2.18. The van der Waals surface area contributed by atoms with Crippen LogP contribution in [0.15, 0.2) is 27.1 Å². The van der Waals surface area contributed by atoms with Crippen molar-refractivity contribution >= 4 is 31.9 Å². The van der Waals surface area contributed by atoms with Crippen molar-refractivity contribution in [2.24, 2.45) is 0 Å². The van der Waals surface area contributed by atoms with E-state index in [9.17, 15) is 0 Å². The minimum atomic E-state index is 0.199. The molecule has 1 aromatic heterocycles. The maximum absolute atomic E-state index is 4.34. The molecule has 6 heteroatoms. The van der Waals surface area contributed by atoms with Crippen LogP contribution in [0.2, 0.25) is 0 Å². The van der Waals surface area contributed by atoms with Gasteiger partial charge in [0.15, 0.2) is 0 Å². The second-order valence-corrected chi connectivity index (χ2v) is 6.43. The van der Waals surface area contributed by atoms with Crippen molar-refractivity contribution in [2.75, 3.05) is 6.54 Å². The fraction of sp³-hybridized carbons (Fsp3) is 0.429. The Morgan fingerprint density at radius 3 is 2.55 bits per heavy atom. The first-order valence-corrected chi connectivity index (χ1v) is 8.24. The highest BCUT2D eigenvalue weighted by atomic mass is 79.9. The molecule has 2 aromatic rings. The minimum Gasteiger partial charge on any atom is -0.309 e. The lowest BCUT2D eigenvalue weighted by atomic mass is 10.2. The number of para-hydroxylation sites is 1. The summed E-state index contributed by atoms with van der Waals surface area (Å²) in [5.74, 6) is 0. The molecule has 1 N–H and O–H groups in total. The number of halogens is 2. The number of nitrogens with one attached hydrogen (secondary N) is 1. The molecule has 0 saturated heterocycles. The first-order chi connectivity index (χ1) is 9.56. The van der Waals surface area contributed by atoms with Crippen LogP contribution < -0.4 is 5.32 Å². The maximum Gasteiger partial charge on any atom is 0.103 e. The number of aromatic nitrogens is 3. The van der Waals surface area contributed by atoms with Crippen LogP contribution in [0, 0.1) is 6.92 Å². The lowest BCUT2D eigenvalue weighted by Crippen LogP contribution is -2.20. The van der Waals surface area contributed by atoms with E-state index in [0.29, 0.717) is 0 Å². The number of hydrogen-bond acceptors (Lipinski definition) is 3. The van der Waals surface area contributed by atoms with E-state index >= 15 is 0 Å². The molecule has 0 aliphatic heterocycles. The van der Waals surface area contributed by atoms with E-state index in [1.165, 1.54) is 0 Å². The monoisotopic (exact) mass is 400 g/mol. The zero-order valence-electron chi connectivity index (χ0n) is 11.8. The average Bonchev–Trinajstić information content (AvgIpc) is 2.78. The third kappa shape index (κ3) is 3.13. The molecule has 1 aromatic carbocycles. The van der Waals surface area contributed by atoms with Crippen molar-refractivity contribution in [3.63, 3.8) is 0 Å².